The fraction of sp³-hybridized carbons (Fsp3) is 0.286. The Morgan fingerprint density at radius 2 is 1.95 bits per heavy atom. The standard InChI is InChI=1S/C14H20N4O2S/c1-17(2)14-7-5-4-6-13(14)16-21(19,20)12-8-11(9-15)18(3)10-12/h4-8,10,16H,9,15H2,1-3H3. The van der Waals surface area contributed by atoms with E-state index in [0.29, 0.717) is 12.2 Å². The van der Waals surface area contributed by atoms with Gasteiger partial charge in [-0.05, 0) is 18.2 Å². The third kappa shape index (κ3) is 3.20. The van der Waals surface area contributed by atoms with Crippen LogP contribution in [0.4, 0.5) is 11.4 Å². The zero-order valence-corrected chi connectivity index (χ0v) is 13.2. The normalized spacial score (nSPS) is 11.4. The molecule has 1 aromatic heterocycles. The lowest BCUT2D eigenvalue weighted by molar-refractivity contribution is 0.601. The molecule has 0 aliphatic heterocycles. The molecule has 0 amide bonds. The Bertz CT molecular complexity index is 735. The number of hydrogen-bond acceptors (Lipinski definition) is 4. The van der Waals surface area contributed by atoms with Gasteiger partial charge >= 0.3 is 0 Å². The molecule has 0 saturated heterocycles. The van der Waals surface area contributed by atoms with Gasteiger partial charge in [0.05, 0.1) is 11.4 Å². The number of nitrogens with zero attached hydrogens (tertiary/aromatic N) is 2. The van der Waals surface area contributed by atoms with Gasteiger partial charge in [0, 0.05) is 39.6 Å². The lowest BCUT2D eigenvalue weighted by atomic mass is 10.2. The van der Waals surface area contributed by atoms with Crippen molar-refractivity contribution in [2.45, 2.75) is 11.4 Å². The van der Waals surface area contributed by atoms with Crippen molar-refractivity contribution in [1.82, 2.24) is 4.57 Å². The van der Waals surface area contributed by atoms with Crippen molar-refractivity contribution in [1.29, 1.82) is 0 Å². The maximum Gasteiger partial charge on any atom is 0.263 e. The Hall–Kier alpha value is -1.99. The quantitative estimate of drug-likeness (QED) is 0.874. The summed E-state index contributed by atoms with van der Waals surface area (Å²) in [5.74, 6) is 0. The smallest absolute Gasteiger partial charge is 0.263 e. The van der Waals surface area contributed by atoms with Gasteiger partial charge in [-0.2, -0.15) is 0 Å². The summed E-state index contributed by atoms with van der Waals surface area (Å²) in [6.07, 6.45) is 1.56. The Morgan fingerprint density at radius 1 is 1.29 bits per heavy atom. The van der Waals surface area contributed by atoms with E-state index in [4.69, 9.17) is 5.73 Å². The Kier molecular flexibility index (Phi) is 4.24. The van der Waals surface area contributed by atoms with Gasteiger partial charge in [-0.1, -0.05) is 12.1 Å². The number of anilines is 2. The highest BCUT2D eigenvalue weighted by atomic mass is 32.2. The van der Waals surface area contributed by atoms with Crippen LogP contribution in [0.1, 0.15) is 5.69 Å². The zero-order chi connectivity index (χ0) is 15.6. The van der Waals surface area contributed by atoms with Crippen molar-refractivity contribution in [3.63, 3.8) is 0 Å². The summed E-state index contributed by atoms with van der Waals surface area (Å²) in [5, 5.41) is 0. The predicted octanol–water partition coefficient (Wildman–Crippen LogP) is 1.35. The average Bonchev–Trinajstić information content (AvgIpc) is 2.81. The van der Waals surface area contributed by atoms with Gasteiger partial charge in [0.1, 0.15) is 4.90 Å². The van der Waals surface area contributed by atoms with E-state index in [1.54, 1.807) is 36.0 Å². The molecule has 3 N–H and O–H groups in total. The lowest BCUT2D eigenvalue weighted by Crippen LogP contribution is -2.16. The fourth-order valence-corrected chi connectivity index (χ4v) is 3.25. The molecule has 0 radical (unpaired) electrons. The molecule has 1 aromatic carbocycles. The summed E-state index contributed by atoms with van der Waals surface area (Å²) in [5.41, 5.74) is 7.69. The van der Waals surface area contributed by atoms with Gasteiger partial charge in [0.25, 0.3) is 10.0 Å². The number of benzene rings is 1. The third-order valence-electron chi connectivity index (χ3n) is 3.23. The second-order valence-electron chi connectivity index (χ2n) is 5.00. The number of hydrogen-bond donors (Lipinski definition) is 2. The third-order valence-corrected chi connectivity index (χ3v) is 4.56. The van der Waals surface area contributed by atoms with Crippen molar-refractivity contribution in [2.75, 3.05) is 23.7 Å². The lowest BCUT2D eigenvalue weighted by Gasteiger charge is -2.18. The van der Waals surface area contributed by atoms with E-state index in [0.717, 1.165) is 11.4 Å². The SMILES string of the molecule is CN(C)c1ccccc1NS(=O)(=O)c1cc(CN)n(C)c1. The molecule has 1 heterocycles. The maximum absolute atomic E-state index is 12.5. The molecule has 2 aromatic rings. The molecule has 0 fully saturated rings. The summed E-state index contributed by atoms with van der Waals surface area (Å²) < 4.78 is 29.3. The Morgan fingerprint density at radius 3 is 2.52 bits per heavy atom. The number of aromatic nitrogens is 1. The summed E-state index contributed by atoms with van der Waals surface area (Å²) >= 11 is 0. The Balaban J connectivity index is 2.37. The molecular formula is C14H20N4O2S. The minimum atomic E-state index is -3.63. The number of nitrogens with one attached hydrogen (secondary N) is 1. The molecule has 0 atom stereocenters. The van der Waals surface area contributed by atoms with Crippen LogP contribution >= 0.6 is 0 Å². The average molecular weight is 308 g/mol. The van der Waals surface area contributed by atoms with Crippen LogP contribution in [0.25, 0.3) is 0 Å². The second kappa shape index (κ2) is 5.79. The molecule has 0 unspecified atom stereocenters. The van der Waals surface area contributed by atoms with Crippen LogP contribution in [0, 0.1) is 0 Å². The van der Waals surface area contributed by atoms with E-state index in [1.165, 1.54) is 0 Å². The van der Waals surface area contributed by atoms with E-state index in [2.05, 4.69) is 4.72 Å². The van der Waals surface area contributed by atoms with Gasteiger partial charge in [0.2, 0.25) is 0 Å². The van der Waals surface area contributed by atoms with E-state index in [-0.39, 0.29) is 4.90 Å². The first-order valence-corrected chi connectivity index (χ1v) is 7.98. The minimum Gasteiger partial charge on any atom is -0.376 e. The zero-order valence-electron chi connectivity index (χ0n) is 12.4. The number of nitrogens with two attached hydrogens (primary N) is 1. The predicted molar refractivity (Wildman–Crippen MR) is 84.9 cm³/mol. The molecule has 7 heteroatoms. The van der Waals surface area contributed by atoms with Crippen LogP contribution in [0.5, 0.6) is 0 Å². The molecule has 0 spiro atoms. The van der Waals surface area contributed by atoms with Crippen LogP contribution in [0.15, 0.2) is 41.4 Å². The molecule has 2 rings (SSSR count). The van der Waals surface area contributed by atoms with Crippen molar-refractivity contribution >= 4 is 21.4 Å². The highest BCUT2D eigenvalue weighted by Crippen LogP contribution is 2.26. The van der Waals surface area contributed by atoms with Crippen LogP contribution in [0.3, 0.4) is 0 Å². The summed E-state index contributed by atoms with van der Waals surface area (Å²) in [7, 11) is 1.87. The molecule has 0 aliphatic carbocycles. The molecule has 6 nitrogen and oxygen atoms in total. The topological polar surface area (TPSA) is 80.4 Å². The number of rotatable bonds is 5. The summed E-state index contributed by atoms with van der Waals surface area (Å²) in [6, 6.07) is 8.83. The van der Waals surface area contributed by atoms with Crippen LogP contribution in [-0.4, -0.2) is 27.1 Å². The van der Waals surface area contributed by atoms with Crippen LogP contribution < -0.4 is 15.4 Å². The van der Waals surface area contributed by atoms with Crippen molar-refractivity contribution in [2.24, 2.45) is 12.8 Å². The Labute approximate surface area is 125 Å². The van der Waals surface area contributed by atoms with Gasteiger partial charge in [-0.25, -0.2) is 8.42 Å². The van der Waals surface area contributed by atoms with Crippen molar-refractivity contribution in [3.8, 4) is 0 Å². The molecule has 0 saturated carbocycles. The largest absolute Gasteiger partial charge is 0.376 e. The van der Waals surface area contributed by atoms with Gasteiger partial charge < -0.3 is 15.2 Å². The van der Waals surface area contributed by atoms with Crippen LogP contribution in [-0.2, 0) is 23.6 Å². The first-order valence-electron chi connectivity index (χ1n) is 6.49. The number of para-hydroxylation sites is 2. The molecule has 0 aliphatic rings. The number of sulfonamides is 1. The van der Waals surface area contributed by atoms with E-state index in [1.807, 2.05) is 31.1 Å². The van der Waals surface area contributed by atoms with Gasteiger partial charge in [0.15, 0.2) is 0 Å². The van der Waals surface area contributed by atoms with Gasteiger partial charge in [-0.3, -0.25) is 4.72 Å². The van der Waals surface area contributed by atoms with Crippen LogP contribution in [0.2, 0.25) is 0 Å². The highest BCUT2D eigenvalue weighted by molar-refractivity contribution is 7.92. The molecule has 114 valence electrons. The van der Waals surface area contributed by atoms with E-state index in [9.17, 15) is 8.42 Å². The molecule has 21 heavy (non-hydrogen) atoms. The first kappa shape index (κ1) is 15.4. The first-order chi connectivity index (χ1) is 9.85. The summed E-state index contributed by atoms with van der Waals surface area (Å²) in [4.78, 5) is 2.06. The van der Waals surface area contributed by atoms with Crippen molar-refractivity contribution in [3.05, 3.63) is 42.2 Å². The highest BCUT2D eigenvalue weighted by Gasteiger charge is 2.19. The maximum atomic E-state index is 12.5. The molecular weight excluding hydrogens is 288 g/mol. The monoisotopic (exact) mass is 308 g/mol. The van der Waals surface area contributed by atoms with Crippen molar-refractivity contribution < 1.29 is 8.42 Å². The fourth-order valence-electron chi connectivity index (χ4n) is 2.08. The minimum absolute atomic E-state index is 0.207. The van der Waals surface area contributed by atoms with E-state index < -0.39 is 10.0 Å². The number of aryl methyl sites for hydroxylation is 1. The second-order valence-corrected chi connectivity index (χ2v) is 6.68. The molecule has 0 bridgehead atoms. The van der Waals surface area contributed by atoms with E-state index >= 15 is 0 Å². The van der Waals surface area contributed by atoms with Gasteiger partial charge in [-0.15, -0.1) is 0 Å². The summed E-state index contributed by atoms with van der Waals surface area (Å²) in [6.45, 7) is 0.292.